The monoisotopic (exact) mass is 563 g/mol. The molecule has 3 N–H and O–H groups in total. The number of nitrogens with zero attached hydrogens (tertiary/aromatic N) is 2. The molecule has 7 nitrogen and oxygen atoms in total. The summed E-state index contributed by atoms with van der Waals surface area (Å²) in [6.45, 7) is 9.96. The second-order valence-electron chi connectivity index (χ2n) is 11.4. The summed E-state index contributed by atoms with van der Waals surface area (Å²) in [5.74, 6) is -1.06. The number of halogens is 4. The van der Waals surface area contributed by atoms with Gasteiger partial charge in [-0.2, -0.15) is 13.2 Å². The number of nitrogens with one attached hydrogen (secondary N) is 3. The van der Waals surface area contributed by atoms with Crippen molar-refractivity contribution >= 4 is 22.9 Å². The van der Waals surface area contributed by atoms with Crippen molar-refractivity contribution in [3.05, 3.63) is 63.3 Å². The average molecular weight is 564 g/mol. The van der Waals surface area contributed by atoms with E-state index in [0.717, 1.165) is 18.2 Å². The van der Waals surface area contributed by atoms with Crippen molar-refractivity contribution < 1.29 is 22.4 Å². The Kier molecular flexibility index (Phi) is 8.75. The molecule has 0 saturated carbocycles. The number of anilines is 2. The van der Waals surface area contributed by atoms with Gasteiger partial charge in [0.1, 0.15) is 5.82 Å². The van der Waals surface area contributed by atoms with E-state index in [1.807, 2.05) is 31.9 Å². The number of H-pyrrole nitrogens is 1. The minimum Gasteiger partial charge on any atom is -0.367 e. The van der Waals surface area contributed by atoms with E-state index in [9.17, 15) is 22.8 Å². The van der Waals surface area contributed by atoms with Crippen molar-refractivity contribution in [3.63, 3.8) is 0 Å². The molecule has 1 aromatic carbocycles. The first kappa shape index (κ1) is 29.8. The number of hydrogen-bond donors (Lipinski definition) is 3. The molecule has 3 heterocycles. The lowest BCUT2D eigenvalue weighted by Crippen LogP contribution is -2.55. The van der Waals surface area contributed by atoms with Crippen LogP contribution in [0.4, 0.5) is 28.9 Å². The van der Waals surface area contributed by atoms with Crippen molar-refractivity contribution in [2.75, 3.05) is 36.9 Å². The van der Waals surface area contributed by atoms with E-state index in [-0.39, 0.29) is 23.8 Å². The second-order valence-corrected chi connectivity index (χ2v) is 11.4. The highest BCUT2D eigenvalue weighted by atomic mass is 19.4. The first-order valence-electron chi connectivity index (χ1n) is 13.6. The molecule has 40 heavy (non-hydrogen) atoms. The smallest absolute Gasteiger partial charge is 0.367 e. The number of carbonyl (C=O) groups excluding carboxylic acids is 1. The number of alkyl halides is 3. The molecule has 1 aromatic heterocycles. The van der Waals surface area contributed by atoms with E-state index < -0.39 is 34.6 Å². The Morgan fingerprint density at radius 2 is 1.82 bits per heavy atom. The summed E-state index contributed by atoms with van der Waals surface area (Å²) in [7, 11) is 2.01. The molecule has 2 aromatic rings. The number of aromatic nitrogens is 1. The largest absolute Gasteiger partial charge is 0.417 e. The highest BCUT2D eigenvalue weighted by Gasteiger charge is 2.36. The van der Waals surface area contributed by atoms with Crippen molar-refractivity contribution in [2.24, 2.45) is 5.92 Å². The zero-order valence-electron chi connectivity index (χ0n) is 23.5. The Bertz CT molecular complexity index is 1320. The molecule has 0 radical (unpaired) electrons. The number of likely N-dealkylation sites (N-methyl/N-ethyl adjacent to an activating group) is 1. The van der Waals surface area contributed by atoms with E-state index in [2.05, 4.69) is 34.4 Å². The zero-order valence-corrected chi connectivity index (χ0v) is 23.5. The van der Waals surface area contributed by atoms with Crippen LogP contribution in [0.5, 0.6) is 0 Å². The van der Waals surface area contributed by atoms with Gasteiger partial charge in [-0.05, 0) is 57.4 Å². The van der Waals surface area contributed by atoms with Gasteiger partial charge < -0.3 is 20.5 Å². The quantitative estimate of drug-likeness (QED) is 0.426. The summed E-state index contributed by atoms with van der Waals surface area (Å²) in [6.07, 6.45) is -0.751. The van der Waals surface area contributed by atoms with Crippen LogP contribution >= 0.6 is 0 Å². The number of hydrogen-bond acceptors (Lipinski definition) is 5. The molecular weight excluding hydrogens is 526 g/mol. The summed E-state index contributed by atoms with van der Waals surface area (Å²) in [4.78, 5) is 31.2. The van der Waals surface area contributed by atoms with Crippen LogP contribution in [0.2, 0.25) is 0 Å². The van der Waals surface area contributed by atoms with Crippen LogP contribution in [0.25, 0.3) is 5.57 Å². The number of rotatable bonds is 6. The van der Waals surface area contributed by atoms with Crippen LogP contribution in [0.15, 0.2) is 35.3 Å². The lowest BCUT2D eigenvalue weighted by Gasteiger charge is -2.44. The van der Waals surface area contributed by atoms with Crippen LogP contribution in [0.1, 0.15) is 62.0 Å². The van der Waals surface area contributed by atoms with E-state index in [1.54, 1.807) is 0 Å². The number of benzene rings is 1. The van der Waals surface area contributed by atoms with Crippen LogP contribution < -0.4 is 21.1 Å². The fourth-order valence-corrected chi connectivity index (χ4v) is 5.58. The Morgan fingerprint density at radius 3 is 2.45 bits per heavy atom. The van der Waals surface area contributed by atoms with Crippen molar-refractivity contribution in [1.82, 2.24) is 15.2 Å². The lowest BCUT2D eigenvalue weighted by atomic mass is 9.90. The third-order valence-electron chi connectivity index (χ3n) is 7.83. The zero-order chi connectivity index (χ0) is 29.4. The van der Waals surface area contributed by atoms with Crippen molar-refractivity contribution in [2.45, 2.75) is 64.8 Å². The molecule has 1 unspecified atom stereocenters. The summed E-state index contributed by atoms with van der Waals surface area (Å²) in [6, 6.07) is 3.66. The van der Waals surface area contributed by atoms with Crippen LogP contribution in [-0.2, 0) is 6.18 Å². The molecule has 3 atom stereocenters. The molecule has 2 aliphatic rings. The lowest BCUT2D eigenvalue weighted by molar-refractivity contribution is -0.138. The Morgan fingerprint density at radius 1 is 1.15 bits per heavy atom. The molecule has 1 saturated heterocycles. The number of pyridine rings is 1. The molecule has 0 spiro atoms. The maximum Gasteiger partial charge on any atom is 0.417 e. The molecule has 218 valence electrons. The van der Waals surface area contributed by atoms with Crippen LogP contribution in [-0.4, -0.2) is 60.6 Å². The summed E-state index contributed by atoms with van der Waals surface area (Å²) in [5, 5.41) is 6.04. The molecule has 0 bridgehead atoms. The molecule has 4 rings (SSSR count). The predicted molar refractivity (Wildman–Crippen MR) is 149 cm³/mol. The number of piperazine rings is 1. The molecule has 2 aliphatic heterocycles. The molecule has 0 aliphatic carbocycles. The van der Waals surface area contributed by atoms with Gasteiger partial charge in [-0.15, -0.1) is 0 Å². The summed E-state index contributed by atoms with van der Waals surface area (Å²) < 4.78 is 56.9. The molecular formula is C29H37F4N5O2. The first-order chi connectivity index (χ1) is 18.7. The topological polar surface area (TPSA) is 80.5 Å². The maximum absolute atomic E-state index is 15.8. The predicted octanol–water partition coefficient (Wildman–Crippen LogP) is 5.11. The minimum absolute atomic E-state index is 0.120. The first-order valence-corrected chi connectivity index (χ1v) is 13.6. The van der Waals surface area contributed by atoms with Crippen molar-refractivity contribution in [1.29, 1.82) is 0 Å². The van der Waals surface area contributed by atoms with Gasteiger partial charge >= 0.3 is 6.18 Å². The van der Waals surface area contributed by atoms with E-state index in [4.69, 9.17) is 0 Å². The Hall–Kier alpha value is -3.18. The van der Waals surface area contributed by atoms with Crippen LogP contribution in [0, 0.1) is 11.7 Å². The Balaban J connectivity index is 1.77. The third kappa shape index (κ3) is 6.58. The molecule has 1 fully saturated rings. The number of carbonyl (C=O) groups is 1. The van der Waals surface area contributed by atoms with Gasteiger partial charge in [-0.3, -0.25) is 14.5 Å². The van der Waals surface area contributed by atoms with Gasteiger partial charge in [0.25, 0.3) is 5.91 Å². The van der Waals surface area contributed by atoms with E-state index in [0.29, 0.717) is 49.3 Å². The van der Waals surface area contributed by atoms with Gasteiger partial charge in [0.15, 0.2) is 0 Å². The molecule has 1 amide bonds. The Labute approximate surface area is 231 Å². The van der Waals surface area contributed by atoms with Gasteiger partial charge in [0, 0.05) is 55.6 Å². The molecule has 11 heteroatoms. The minimum atomic E-state index is -4.91. The summed E-state index contributed by atoms with van der Waals surface area (Å²) in [5.41, 5.74) is -1.33. The van der Waals surface area contributed by atoms with Crippen LogP contribution in [0.3, 0.4) is 0 Å². The van der Waals surface area contributed by atoms with Gasteiger partial charge in [0.2, 0.25) is 5.56 Å². The number of amides is 1. The SMILES string of the molecule is CC(C)CC1CC(c2cc(NC(=O)c3c[nH]c(=O)cc3C(F)(F)F)c(N3C[C@@H](C)N(C)[C@@H](C)C3)cc2F)=CCN1. The van der Waals surface area contributed by atoms with Gasteiger partial charge in [-0.1, -0.05) is 19.9 Å². The van der Waals surface area contributed by atoms with Gasteiger partial charge in [0.05, 0.1) is 22.5 Å². The fraction of sp³-hybridized carbons (Fsp3) is 0.517. The summed E-state index contributed by atoms with van der Waals surface area (Å²) >= 11 is 0. The normalized spacial score (nSPS) is 22.4. The number of aromatic amines is 1. The van der Waals surface area contributed by atoms with Gasteiger partial charge in [-0.25, -0.2) is 4.39 Å². The van der Waals surface area contributed by atoms with Crippen molar-refractivity contribution in [3.8, 4) is 0 Å². The van der Waals surface area contributed by atoms with E-state index in [1.165, 1.54) is 12.1 Å². The third-order valence-corrected chi connectivity index (χ3v) is 7.83. The fourth-order valence-electron chi connectivity index (χ4n) is 5.58. The average Bonchev–Trinajstić information content (AvgIpc) is 2.87. The highest BCUT2D eigenvalue weighted by Crippen LogP contribution is 2.37. The highest BCUT2D eigenvalue weighted by molar-refractivity contribution is 6.07. The maximum atomic E-state index is 15.8. The van der Waals surface area contributed by atoms with E-state index >= 15 is 4.39 Å². The standard InChI is InChI=1S/C29H37F4N5O2/c1-16(2)8-20-9-19(6-7-34-20)21-10-25(26(12-24(21)30)38-14-17(3)37(5)18(4)15-38)36-28(40)22-13-35-27(39)11-23(22)29(31,32)33/h6,10-13,16-18,20,34H,7-9,14-15H2,1-5H3,(H,35,39)(H,36,40)/t17-,18+,20?. The second kappa shape index (κ2) is 11.7.